The number of hydrogen-bond donors (Lipinski definition) is 4. The van der Waals surface area contributed by atoms with Gasteiger partial charge in [0, 0.05) is 80.3 Å². The van der Waals surface area contributed by atoms with E-state index in [0.717, 1.165) is 18.4 Å². The second kappa shape index (κ2) is 15.6. The van der Waals surface area contributed by atoms with Crippen LogP contribution in [0.15, 0.2) is 54.9 Å². The van der Waals surface area contributed by atoms with Gasteiger partial charge in [-0.1, -0.05) is 41.4 Å². The van der Waals surface area contributed by atoms with Crippen LogP contribution in [-0.4, -0.2) is 69.3 Å². The van der Waals surface area contributed by atoms with E-state index >= 15 is 4.39 Å². The summed E-state index contributed by atoms with van der Waals surface area (Å²) < 4.78 is 21.2. The molecule has 0 aliphatic carbocycles. The second-order valence-electron chi connectivity index (χ2n) is 12.4. The number of hydrogen-bond acceptors (Lipinski definition) is 9. The number of benzene rings is 1. The average Bonchev–Trinajstić information content (AvgIpc) is 3.06. The van der Waals surface area contributed by atoms with E-state index in [-0.39, 0.29) is 17.8 Å². The molecule has 1 amide bonds. The number of carbonyl (C=O) groups is 1. The number of piperidine rings is 1. The summed E-state index contributed by atoms with van der Waals surface area (Å²) in [6.07, 6.45) is 4.81. The lowest BCUT2D eigenvalue weighted by molar-refractivity contribution is -0.129. The number of methoxy groups -OCH3 is 1. The van der Waals surface area contributed by atoms with Crippen molar-refractivity contribution in [1.82, 2.24) is 30.5 Å². The van der Waals surface area contributed by atoms with E-state index in [1.165, 1.54) is 0 Å². The Morgan fingerprint density at radius 2 is 1.77 bits per heavy atom. The van der Waals surface area contributed by atoms with Gasteiger partial charge in [0.05, 0.1) is 39.8 Å². The number of anilines is 2. The fourth-order valence-corrected chi connectivity index (χ4v) is 6.14. The molecule has 4 N–H and O–H groups in total. The van der Waals surface area contributed by atoms with Gasteiger partial charge in [-0.25, -0.2) is 14.4 Å². The Morgan fingerprint density at radius 1 is 1.02 bits per heavy atom. The number of halogens is 3. The lowest BCUT2D eigenvalue weighted by Gasteiger charge is -2.31. The van der Waals surface area contributed by atoms with Gasteiger partial charge in [0.2, 0.25) is 11.8 Å². The second-order valence-corrected chi connectivity index (χ2v) is 13.1. The van der Waals surface area contributed by atoms with Crippen LogP contribution in [0.2, 0.25) is 10.0 Å². The van der Waals surface area contributed by atoms with E-state index in [4.69, 9.17) is 27.9 Å². The third kappa shape index (κ3) is 8.58. The van der Waals surface area contributed by atoms with Crippen LogP contribution in [0.1, 0.15) is 44.7 Å². The Balaban J connectivity index is 1.33. The fourth-order valence-electron chi connectivity index (χ4n) is 5.56. The summed E-state index contributed by atoms with van der Waals surface area (Å²) in [5, 5.41) is 20.3. The van der Waals surface area contributed by atoms with Crippen molar-refractivity contribution in [2.75, 3.05) is 32.1 Å². The molecule has 1 aliphatic heterocycles. The maximum Gasteiger partial charge on any atom is 0.219 e. The Hall–Kier alpha value is -3.87. The Morgan fingerprint density at radius 3 is 2.48 bits per heavy atom. The monoisotopic (exact) mass is 695 g/mol. The van der Waals surface area contributed by atoms with E-state index in [2.05, 4.69) is 30.9 Å². The highest BCUT2D eigenvalue weighted by atomic mass is 35.5. The molecule has 0 radical (unpaired) electrons. The van der Waals surface area contributed by atoms with Crippen molar-refractivity contribution in [2.24, 2.45) is 0 Å². The molecule has 0 bridgehead atoms. The molecule has 1 saturated heterocycles. The van der Waals surface area contributed by atoms with Gasteiger partial charge < -0.3 is 30.7 Å². The highest BCUT2D eigenvalue weighted by molar-refractivity contribution is 6.39. The highest BCUT2D eigenvalue weighted by Gasteiger charge is 2.22. The maximum atomic E-state index is 15.6. The minimum absolute atomic E-state index is 0.0426. The molecule has 254 valence electrons. The molecule has 0 atom stereocenters. The predicted octanol–water partition coefficient (Wildman–Crippen LogP) is 6.36. The third-order valence-electron chi connectivity index (χ3n) is 8.17. The summed E-state index contributed by atoms with van der Waals surface area (Å²) in [5.74, 6) is 0.0690. The molecule has 1 aliphatic rings. The molecule has 4 aromatic rings. The number of carbonyl (C=O) groups excluding carboxylic acids is 1. The Bertz CT molecular complexity index is 1760. The summed E-state index contributed by atoms with van der Waals surface area (Å²) in [5.41, 5.74) is 3.07. The van der Waals surface area contributed by atoms with Gasteiger partial charge >= 0.3 is 0 Å². The summed E-state index contributed by atoms with van der Waals surface area (Å²) in [6, 6.07) is 12.7. The quantitative estimate of drug-likeness (QED) is 0.134. The van der Waals surface area contributed by atoms with Gasteiger partial charge in [0.25, 0.3) is 0 Å². The van der Waals surface area contributed by atoms with Crippen molar-refractivity contribution >= 4 is 40.6 Å². The molecular formula is C35H40Cl2FN7O3. The van der Waals surface area contributed by atoms with Crippen LogP contribution in [0, 0.1) is 5.82 Å². The highest BCUT2D eigenvalue weighted by Crippen LogP contribution is 2.41. The van der Waals surface area contributed by atoms with E-state index in [9.17, 15) is 9.90 Å². The normalized spacial score (nSPS) is 13.9. The summed E-state index contributed by atoms with van der Waals surface area (Å²) in [7, 11) is 1.55. The van der Waals surface area contributed by atoms with Crippen LogP contribution in [0.25, 0.3) is 22.5 Å². The topological polar surface area (TPSA) is 125 Å². The van der Waals surface area contributed by atoms with Gasteiger partial charge in [-0.05, 0) is 51.0 Å². The third-order valence-corrected chi connectivity index (χ3v) is 8.96. The molecule has 0 saturated carbocycles. The summed E-state index contributed by atoms with van der Waals surface area (Å²) in [6.45, 7) is 7.61. The smallest absolute Gasteiger partial charge is 0.219 e. The Kier molecular flexibility index (Phi) is 11.5. The van der Waals surface area contributed by atoms with Gasteiger partial charge in [-0.15, -0.1) is 0 Å². The fraction of sp³-hybridized carbons (Fsp3) is 0.371. The van der Waals surface area contributed by atoms with Gasteiger partial charge in [-0.3, -0.25) is 9.78 Å². The van der Waals surface area contributed by atoms with Crippen LogP contribution in [-0.2, 0) is 17.9 Å². The summed E-state index contributed by atoms with van der Waals surface area (Å²) in [4.78, 5) is 26.9. The number of amides is 1. The zero-order valence-corrected chi connectivity index (χ0v) is 28.9. The first-order valence-electron chi connectivity index (χ1n) is 15.7. The van der Waals surface area contributed by atoms with Crippen LogP contribution < -0.4 is 20.7 Å². The molecular weight excluding hydrogens is 656 g/mol. The van der Waals surface area contributed by atoms with Crippen molar-refractivity contribution in [2.45, 2.75) is 58.3 Å². The zero-order valence-electron chi connectivity index (χ0n) is 27.4. The Labute approximate surface area is 290 Å². The molecule has 1 aromatic carbocycles. The number of nitrogens with one attached hydrogen (secondary N) is 3. The standard InChI is InChI=1S/C35H40Cl2FN7O3/c1-21(46)45-16-12-24(13-17-45)42-19-22-10-14-41-33(31(22)38)43-28-7-5-6-26(29(28)36)32-30(37)25(11-15-40-32)27-9-8-23(34(44-27)48-4)18-39-20-35(2,3)47/h5-11,14-15,24,39,42,47H,12-13,16-20H2,1-4H3,(H,41,43). The minimum Gasteiger partial charge on any atom is -0.481 e. The van der Waals surface area contributed by atoms with Crippen LogP contribution in [0.3, 0.4) is 0 Å². The predicted molar refractivity (Wildman–Crippen MR) is 187 cm³/mol. The maximum absolute atomic E-state index is 15.6. The van der Waals surface area contributed by atoms with Gasteiger partial charge in [-0.2, -0.15) is 0 Å². The first kappa shape index (κ1) is 35.4. The van der Waals surface area contributed by atoms with Crippen LogP contribution >= 0.6 is 23.2 Å². The van der Waals surface area contributed by atoms with Crippen molar-refractivity contribution in [3.05, 3.63) is 81.8 Å². The molecule has 0 unspecified atom stereocenters. The van der Waals surface area contributed by atoms with Crippen molar-refractivity contribution < 1.29 is 19.0 Å². The van der Waals surface area contributed by atoms with Gasteiger partial charge in [0.15, 0.2) is 11.6 Å². The van der Waals surface area contributed by atoms with Crippen LogP contribution in [0.4, 0.5) is 15.9 Å². The van der Waals surface area contributed by atoms with E-state index in [0.29, 0.717) is 82.4 Å². The molecule has 0 spiro atoms. The molecule has 13 heteroatoms. The largest absolute Gasteiger partial charge is 0.481 e. The number of aromatic nitrogens is 3. The lowest BCUT2D eigenvalue weighted by atomic mass is 10.0. The molecule has 3 aromatic heterocycles. The van der Waals surface area contributed by atoms with E-state index < -0.39 is 11.4 Å². The zero-order chi connectivity index (χ0) is 34.4. The van der Waals surface area contributed by atoms with Crippen LogP contribution in [0.5, 0.6) is 5.88 Å². The minimum atomic E-state index is -0.848. The van der Waals surface area contributed by atoms with Crippen molar-refractivity contribution in [3.63, 3.8) is 0 Å². The van der Waals surface area contributed by atoms with E-state index in [1.54, 1.807) is 70.6 Å². The number of aliphatic hydroxyl groups is 1. The number of pyridine rings is 3. The lowest BCUT2D eigenvalue weighted by Crippen LogP contribution is -2.44. The molecule has 5 rings (SSSR count). The molecule has 4 heterocycles. The van der Waals surface area contributed by atoms with Gasteiger partial charge in [0.1, 0.15) is 0 Å². The molecule has 48 heavy (non-hydrogen) atoms. The summed E-state index contributed by atoms with van der Waals surface area (Å²) >= 11 is 13.8. The number of rotatable bonds is 12. The van der Waals surface area contributed by atoms with Crippen molar-refractivity contribution in [1.29, 1.82) is 0 Å². The average molecular weight is 697 g/mol. The number of ether oxygens (including phenoxy) is 1. The molecule has 1 fully saturated rings. The number of nitrogens with zero attached hydrogens (tertiary/aromatic N) is 4. The van der Waals surface area contributed by atoms with E-state index in [1.807, 2.05) is 17.0 Å². The first-order chi connectivity index (χ1) is 22.9. The van der Waals surface area contributed by atoms with Crippen molar-refractivity contribution in [3.8, 4) is 28.4 Å². The number of likely N-dealkylation sites (tertiary alicyclic amines) is 1. The first-order valence-corrected chi connectivity index (χ1v) is 16.5. The molecule has 10 nitrogen and oxygen atoms in total. The SMILES string of the molecule is COc1nc(-c2ccnc(-c3cccc(Nc4nccc(CNC5CCN(C(C)=O)CC5)c4F)c3Cl)c2Cl)ccc1CNCC(C)(C)O.